The van der Waals surface area contributed by atoms with Crippen LogP contribution in [0, 0.1) is 5.41 Å². The van der Waals surface area contributed by atoms with Gasteiger partial charge in [0, 0.05) is 22.5 Å². The summed E-state index contributed by atoms with van der Waals surface area (Å²) in [7, 11) is 0. The number of benzene rings is 1. The van der Waals surface area contributed by atoms with Crippen molar-refractivity contribution < 1.29 is 0 Å². The van der Waals surface area contributed by atoms with E-state index in [2.05, 4.69) is 45.5 Å². The van der Waals surface area contributed by atoms with Gasteiger partial charge in [-0.1, -0.05) is 47.3 Å². The van der Waals surface area contributed by atoms with Gasteiger partial charge in [-0.15, -0.1) is 0 Å². The Morgan fingerprint density at radius 2 is 1.86 bits per heavy atom. The molecule has 0 radical (unpaired) electrons. The second kappa shape index (κ2) is 5.38. The molecule has 1 nitrogen and oxygen atoms in total. The fourth-order valence-electron chi connectivity index (χ4n) is 4.92. The van der Waals surface area contributed by atoms with Gasteiger partial charge in [0.2, 0.25) is 0 Å². The highest BCUT2D eigenvalue weighted by Gasteiger charge is 2.54. The van der Waals surface area contributed by atoms with Crippen molar-refractivity contribution in [3.63, 3.8) is 0 Å². The van der Waals surface area contributed by atoms with Crippen molar-refractivity contribution in [2.24, 2.45) is 5.41 Å². The molecular weight excluding hydrogens is 322 g/mol. The lowest BCUT2D eigenvalue weighted by Crippen LogP contribution is -2.55. The molecule has 3 fully saturated rings. The van der Waals surface area contributed by atoms with Crippen LogP contribution in [0.25, 0.3) is 0 Å². The molecule has 0 aliphatic heterocycles. The molecule has 1 aromatic rings. The minimum Gasteiger partial charge on any atom is -0.313 e. The molecule has 1 aromatic carbocycles. The summed E-state index contributed by atoms with van der Waals surface area (Å²) in [5.74, 6) is 0. The number of rotatable bonds is 4. The second-order valence-electron chi connectivity index (χ2n) is 7.86. The summed E-state index contributed by atoms with van der Waals surface area (Å²) in [6, 6.07) is 9.90. The number of halogens is 1. The standard InChI is InChI=1S/C19H26BrN/c20-16-6-4-5-15(11-16)19(14-21-17-7-8-17)12-18(13-19)9-2-1-3-10-18/h4-6,11,17,21H,1-3,7-10,12-14H2. The lowest BCUT2D eigenvalue weighted by molar-refractivity contribution is -0.0130. The molecule has 0 heterocycles. The SMILES string of the molecule is Brc1cccc(C2(CNC3CC3)CC3(CCCCC3)C2)c1. The van der Waals surface area contributed by atoms with E-state index in [9.17, 15) is 0 Å². The predicted molar refractivity (Wildman–Crippen MR) is 91.6 cm³/mol. The van der Waals surface area contributed by atoms with E-state index in [4.69, 9.17) is 0 Å². The highest BCUT2D eigenvalue weighted by Crippen LogP contribution is 2.61. The van der Waals surface area contributed by atoms with Crippen molar-refractivity contribution in [2.45, 2.75) is 69.2 Å². The molecule has 114 valence electrons. The maximum Gasteiger partial charge on any atom is 0.0178 e. The predicted octanol–water partition coefficient (Wildman–Crippen LogP) is 5.18. The maximum absolute atomic E-state index is 3.82. The monoisotopic (exact) mass is 347 g/mol. The summed E-state index contributed by atoms with van der Waals surface area (Å²) >= 11 is 3.67. The molecule has 0 bridgehead atoms. The largest absolute Gasteiger partial charge is 0.313 e. The number of hydrogen-bond donors (Lipinski definition) is 1. The molecule has 4 rings (SSSR count). The van der Waals surface area contributed by atoms with Gasteiger partial charge < -0.3 is 5.32 Å². The van der Waals surface area contributed by atoms with Crippen molar-refractivity contribution >= 4 is 15.9 Å². The zero-order valence-corrected chi connectivity index (χ0v) is 14.4. The Kier molecular flexibility index (Phi) is 3.66. The van der Waals surface area contributed by atoms with Crippen LogP contribution in [0.4, 0.5) is 0 Å². The summed E-state index contributed by atoms with van der Waals surface area (Å²) < 4.78 is 1.23. The van der Waals surface area contributed by atoms with Gasteiger partial charge >= 0.3 is 0 Å². The van der Waals surface area contributed by atoms with Gasteiger partial charge in [0.25, 0.3) is 0 Å². The van der Waals surface area contributed by atoms with Crippen LogP contribution in [0.5, 0.6) is 0 Å². The van der Waals surface area contributed by atoms with E-state index >= 15 is 0 Å². The summed E-state index contributed by atoms with van der Waals surface area (Å²) in [6.45, 7) is 1.19. The molecule has 21 heavy (non-hydrogen) atoms. The Bertz CT molecular complexity index is 506. The molecule has 3 aliphatic carbocycles. The van der Waals surface area contributed by atoms with Crippen LogP contribution in [0.3, 0.4) is 0 Å². The number of nitrogens with one attached hydrogen (secondary N) is 1. The van der Waals surface area contributed by atoms with E-state index in [1.165, 1.54) is 68.8 Å². The lowest BCUT2D eigenvalue weighted by Gasteiger charge is -2.59. The topological polar surface area (TPSA) is 12.0 Å². The van der Waals surface area contributed by atoms with E-state index in [-0.39, 0.29) is 0 Å². The van der Waals surface area contributed by atoms with E-state index in [1.54, 1.807) is 5.56 Å². The van der Waals surface area contributed by atoms with Crippen molar-refractivity contribution in [1.29, 1.82) is 0 Å². The van der Waals surface area contributed by atoms with Gasteiger partial charge in [0.05, 0.1) is 0 Å². The molecule has 0 amide bonds. The minimum absolute atomic E-state index is 0.406. The average Bonchev–Trinajstić information content (AvgIpc) is 3.28. The summed E-state index contributed by atoms with van der Waals surface area (Å²) in [5, 5.41) is 3.82. The Labute approximate surface area is 137 Å². The van der Waals surface area contributed by atoms with Gasteiger partial charge in [-0.2, -0.15) is 0 Å². The first-order valence-electron chi connectivity index (χ1n) is 8.69. The van der Waals surface area contributed by atoms with Gasteiger partial charge in [-0.25, -0.2) is 0 Å². The van der Waals surface area contributed by atoms with Crippen LogP contribution in [-0.2, 0) is 5.41 Å². The van der Waals surface area contributed by atoms with Crippen LogP contribution in [-0.4, -0.2) is 12.6 Å². The first kappa shape index (κ1) is 14.3. The average molecular weight is 348 g/mol. The molecule has 1 N–H and O–H groups in total. The van der Waals surface area contributed by atoms with Gasteiger partial charge in [-0.05, 0) is 61.6 Å². The Balaban J connectivity index is 1.55. The maximum atomic E-state index is 3.82. The van der Waals surface area contributed by atoms with Crippen LogP contribution in [0.2, 0.25) is 0 Å². The van der Waals surface area contributed by atoms with Crippen molar-refractivity contribution in [3.05, 3.63) is 34.3 Å². The Morgan fingerprint density at radius 3 is 2.52 bits per heavy atom. The van der Waals surface area contributed by atoms with Crippen LogP contribution >= 0.6 is 15.9 Å². The lowest BCUT2D eigenvalue weighted by atomic mass is 9.46. The molecule has 0 aromatic heterocycles. The Hall–Kier alpha value is -0.340. The fourth-order valence-corrected chi connectivity index (χ4v) is 5.32. The molecule has 0 unspecified atom stereocenters. The van der Waals surface area contributed by atoms with Gasteiger partial charge in [-0.3, -0.25) is 0 Å². The zero-order valence-electron chi connectivity index (χ0n) is 12.8. The minimum atomic E-state index is 0.406. The molecular formula is C19H26BrN. The fraction of sp³-hybridized carbons (Fsp3) is 0.684. The molecule has 0 atom stereocenters. The normalized spacial score (nSPS) is 26.5. The first-order valence-corrected chi connectivity index (χ1v) is 9.49. The molecule has 3 saturated carbocycles. The van der Waals surface area contributed by atoms with E-state index in [1.807, 2.05) is 0 Å². The van der Waals surface area contributed by atoms with E-state index in [0.717, 1.165) is 6.04 Å². The summed E-state index contributed by atoms with van der Waals surface area (Å²) in [4.78, 5) is 0. The third-order valence-electron chi connectivity index (χ3n) is 6.08. The molecule has 3 aliphatic rings. The van der Waals surface area contributed by atoms with Crippen molar-refractivity contribution in [3.8, 4) is 0 Å². The van der Waals surface area contributed by atoms with E-state index < -0.39 is 0 Å². The van der Waals surface area contributed by atoms with Gasteiger partial charge in [0.15, 0.2) is 0 Å². The molecule has 2 heteroatoms. The van der Waals surface area contributed by atoms with Crippen LogP contribution in [0.15, 0.2) is 28.7 Å². The van der Waals surface area contributed by atoms with Crippen LogP contribution in [0.1, 0.15) is 63.4 Å². The molecule has 1 spiro atoms. The first-order chi connectivity index (χ1) is 10.2. The highest BCUT2D eigenvalue weighted by molar-refractivity contribution is 9.10. The van der Waals surface area contributed by atoms with Crippen molar-refractivity contribution in [1.82, 2.24) is 5.32 Å². The number of hydrogen-bond acceptors (Lipinski definition) is 1. The smallest absolute Gasteiger partial charge is 0.0178 e. The summed E-state index contributed by atoms with van der Waals surface area (Å²) in [5.41, 5.74) is 2.65. The second-order valence-corrected chi connectivity index (χ2v) is 8.78. The van der Waals surface area contributed by atoms with Crippen molar-refractivity contribution in [2.75, 3.05) is 6.54 Å². The van der Waals surface area contributed by atoms with E-state index in [0.29, 0.717) is 10.8 Å². The summed E-state index contributed by atoms with van der Waals surface area (Å²) in [6.07, 6.45) is 12.9. The van der Waals surface area contributed by atoms with Gasteiger partial charge in [0.1, 0.15) is 0 Å². The third kappa shape index (κ3) is 2.82. The Morgan fingerprint density at radius 1 is 1.10 bits per heavy atom. The zero-order chi connectivity index (χ0) is 14.3. The quantitative estimate of drug-likeness (QED) is 0.790. The highest BCUT2D eigenvalue weighted by atomic mass is 79.9. The van der Waals surface area contributed by atoms with Crippen LogP contribution < -0.4 is 5.32 Å². The molecule has 0 saturated heterocycles. The third-order valence-corrected chi connectivity index (χ3v) is 6.58.